The Morgan fingerprint density at radius 2 is 0.402 bits per heavy atom. The molecule has 1 heterocycles. The molecule has 3 aliphatic carbocycles. The van der Waals surface area contributed by atoms with E-state index < -0.39 is 16.2 Å². The Hall–Kier alpha value is -13.7. The molecule has 498 valence electrons. The number of nitrogens with zero attached hydrogens (tertiary/aromatic N) is 3. The molecule has 0 fully saturated rings. The molecule has 18 aromatic rings. The van der Waals surface area contributed by atoms with Gasteiger partial charge in [-0.25, -0.2) is 15.0 Å². The van der Waals surface area contributed by atoms with Crippen molar-refractivity contribution >= 4 is 21.5 Å². The Labute approximate surface area is 622 Å². The van der Waals surface area contributed by atoms with Crippen molar-refractivity contribution in [3.63, 3.8) is 0 Å². The van der Waals surface area contributed by atoms with Gasteiger partial charge < -0.3 is 0 Å². The smallest absolute Gasteiger partial charge is 0.164 e. The Kier molecular flexibility index (Phi) is 14.3. The van der Waals surface area contributed by atoms with Crippen molar-refractivity contribution in [3.8, 4) is 101 Å². The van der Waals surface area contributed by atoms with Gasteiger partial charge in [0, 0.05) is 16.7 Å². The number of rotatable bonds is 12. The van der Waals surface area contributed by atoms with Gasteiger partial charge in [-0.05, 0) is 167 Å². The fourth-order valence-corrected chi connectivity index (χ4v) is 18.9. The summed E-state index contributed by atoms with van der Waals surface area (Å²) in [4.78, 5) is 16.2. The molecule has 3 heteroatoms. The highest BCUT2D eigenvalue weighted by Gasteiger charge is 2.53. The van der Waals surface area contributed by atoms with Crippen LogP contribution in [0, 0.1) is 0 Å². The minimum Gasteiger partial charge on any atom is -0.208 e. The molecule has 0 saturated heterocycles. The van der Waals surface area contributed by atoms with Crippen molar-refractivity contribution in [1.82, 2.24) is 15.0 Å². The van der Waals surface area contributed by atoms with E-state index in [4.69, 9.17) is 15.0 Å². The van der Waals surface area contributed by atoms with Gasteiger partial charge in [0.1, 0.15) is 0 Å². The number of aromatic nitrogens is 3. The van der Waals surface area contributed by atoms with Gasteiger partial charge in [-0.15, -0.1) is 0 Å². The number of fused-ring (bicyclic) bond motifs is 11. The summed E-state index contributed by atoms with van der Waals surface area (Å²) in [5.41, 5.74) is 28.8. The maximum atomic E-state index is 5.47. The molecule has 1 aromatic heterocycles. The molecule has 107 heavy (non-hydrogen) atoms. The van der Waals surface area contributed by atoms with Crippen LogP contribution in [0.15, 0.2) is 406 Å². The van der Waals surface area contributed by atoms with Crippen LogP contribution in [-0.2, 0) is 16.2 Å². The molecule has 0 bridgehead atoms. The molecule has 1 unspecified atom stereocenters. The zero-order valence-electron chi connectivity index (χ0n) is 58.5. The summed E-state index contributed by atoms with van der Waals surface area (Å²) >= 11 is 0. The highest BCUT2D eigenvalue weighted by molar-refractivity contribution is 6.13. The Morgan fingerprint density at radius 3 is 0.785 bits per heavy atom. The lowest BCUT2D eigenvalue weighted by Crippen LogP contribution is -2.33. The molecule has 0 saturated carbocycles. The molecule has 21 rings (SSSR count). The molecule has 17 aromatic carbocycles. The van der Waals surface area contributed by atoms with Crippen LogP contribution >= 0.6 is 0 Å². The Morgan fingerprint density at radius 1 is 0.150 bits per heavy atom. The van der Waals surface area contributed by atoms with E-state index in [0.29, 0.717) is 17.5 Å². The van der Waals surface area contributed by atoms with E-state index in [1.807, 2.05) is 12.1 Å². The summed E-state index contributed by atoms with van der Waals surface area (Å²) in [5, 5.41) is 4.64. The Bertz CT molecular complexity index is 6360. The predicted octanol–water partition coefficient (Wildman–Crippen LogP) is 25.3. The van der Waals surface area contributed by atoms with Gasteiger partial charge in [0.25, 0.3) is 0 Å². The van der Waals surface area contributed by atoms with Crippen LogP contribution < -0.4 is 0 Å². The minimum absolute atomic E-state index is 0.595. The second kappa shape index (κ2) is 24.7. The van der Waals surface area contributed by atoms with Gasteiger partial charge in [0.05, 0.1) is 16.2 Å². The van der Waals surface area contributed by atoms with Crippen LogP contribution in [0.1, 0.15) is 66.8 Å². The van der Waals surface area contributed by atoms with E-state index in [1.54, 1.807) is 0 Å². The summed E-state index contributed by atoms with van der Waals surface area (Å²) in [6.07, 6.45) is 0. The monoisotopic (exact) mass is 1360 g/mol. The third kappa shape index (κ3) is 9.30. The summed E-state index contributed by atoms with van der Waals surface area (Å²) in [6, 6.07) is 152. The number of hydrogen-bond acceptors (Lipinski definition) is 3. The third-order valence-electron chi connectivity index (χ3n) is 23.4. The average Bonchev–Trinajstić information content (AvgIpc) is 1.57. The zero-order chi connectivity index (χ0) is 70.6. The summed E-state index contributed by atoms with van der Waals surface area (Å²) in [5.74, 6) is 1.82. The van der Waals surface area contributed by atoms with Gasteiger partial charge in [0.15, 0.2) is 17.5 Å². The van der Waals surface area contributed by atoms with Crippen LogP contribution in [0.4, 0.5) is 0 Å². The topological polar surface area (TPSA) is 38.7 Å². The molecule has 0 radical (unpaired) electrons. The summed E-state index contributed by atoms with van der Waals surface area (Å²) in [7, 11) is 0. The van der Waals surface area contributed by atoms with E-state index in [1.165, 1.54) is 106 Å². The highest BCUT2D eigenvalue weighted by Crippen LogP contribution is 2.65. The largest absolute Gasteiger partial charge is 0.208 e. The van der Waals surface area contributed by atoms with Crippen LogP contribution in [0.2, 0.25) is 0 Å². The van der Waals surface area contributed by atoms with Crippen LogP contribution in [0.25, 0.3) is 122 Å². The summed E-state index contributed by atoms with van der Waals surface area (Å²) in [6.45, 7) is 0. The van der Waals surface area contributed by atoms with E-state index in [2.05, 4.69) is 394 Å². The lowest BCUT2D eigenvalue weighted by atomic mass is 9.60. The minimum atomic E-state index is -1.000. The van der Waals surface area contributed by atoms with Crippen LogP contribution in [0.3, 0.4) is 0 Å². The first-order chi connectivity index (χ1) is 53.1. The molecule has 0 aliphatic heterocycles. The fraction of sp³-hybridized carbons (Fsp3) is 0.0288. The van der Waals surface area contributed by atoms with Crippen molar-refractivity contribution in [2.24, 2.45) is 0 Å². The van der Waals surface area contributed by atoms with E-state index >= 15 is 0 Å². The Balaban J connectivity index is 0.938. The fourth-order valence-electron chi connectivity index (χ4n) is 18.9. The quantitative estimate of drug-likeness (QED) is 0.114. The second-order valence-electron chi connectivity index (χ2n) is 28.7. The van der Waals surface area contributed by atoms with Gasteiger partial charge in [-0.2, -0.15) is 0 Å². The van der Waals surface area contributed by atoms with Gasteiger partial charge in [0.2, 0.25) is 0 Å². The van der Waals surface area contributed by atoms with Crippen LogP contribution in [0.5, 0.6) is 0 Å². The molecule has 0 amide bonds. The maximum Gasteiger partial charge on any atom is 0.164 e. The first kappa shape index (κ1) is 61.9. The zero-order valence-corrected chi connectivity index (χ0v) is 58.5. The standard InChI is InChI=1S/C104H67N3/c1-6-28-68(29-7-1)71-50-57-77(58-51-71)102(91-45-23-18-38-81(91)82-39-19-24-46-92(82)102)80-63-65-89-90(67-80)98(103(78-59-52-72(53-60-78)69-30-8-2-9-31-69)93-47-25-20-40-83(93)84-41-21-26-48-94(84)103)88-44-17-16-43-87(88)97(89)104(79-61-54-73(55-62-79)70-32-10-3-11-33-70)95-49-27-22-42-85(95)86-64-56-76(66-96(86)104)101-106-99(74-34-12-4-13-35-74)105-100(107-101)75-36-14-5-15-37-75/h1-67H. The lowest BCUT2D eigenvalue weighted by molar-refractivity contribution is 0.763. The molecule has 3 aliphatic rings. The van der Waals surface area contributed by atoms with Crippen molar-refractivity contribution in [1.29, 1.82) is 0 Å². The van der Waals surface area contributed by atoms with E-state index in [-0.39, 0.29) is 0 Å². The van der Waals surface area contributed by atoms with E-state index in [9.17, 15) is 0 Å². The predicted molar refractivity (Wildman–Crippen MR) is 439 cm³/mol. The van der Waals surface area contributed by atoms with Crippen molar-refractivity contribution in [2.75, 3.05) is 0 Å². The highest BCUT2D eigenvalue weighted by atomic mass is 15.0. The maximum absolute atomic E-state index is 5.47. The first-order valence-electron chi connectivity index (χ1n) is 37.0. The molecule has 0 spiro atoms. The number of benzene rings is 17. The molecular weight excluding hydrogens is 1290 g/mol. The van der Waals surface area contributed by atoms with Gasteiger partial charge >= 0.3 is 0 Å². The van der Waals surface area contributed by atoms with Gasteiger partial charge in [-0.1, -0.05) is 394 Å². The second-order valence-corrected chi connectivity index (χ2v) is 28.7. The molecule has 0 N–H and O–H groups in total. The van der Waals surface area contributed by atoms with E-state index in [0.717, 1.165) is 66.2 Å². The average molecular weight is 1360 g/mol. The van der Waals surface area contributed by atoms with Crippen molar-refractivity contribution < 1.29 is 0 Å². The van der Waals surface area contributed by atoms with Gasteiger partial charge in [-0.3, -0.25) is 0 Å². The van der Waals surface area contributed by atoms with Crippen LogP contribution in [-0.4, -0.2) is 15.0 Å². The van der Waals surface area contributed by atoms with Crippen molar-refractivity contribution in [3.05, 3.63) is 473 Å². The third-order valence-corrected chi connectivity index (χ3v) is 23.4. The normalized spacial score (nSPS) is 14.5. The molecular formula is C104H67N3. The first-order valence-corrected chi connectivity index (χ1v) is 37.0. The molecule has 3 nitrogen and oxygen atoms in total. The lowest BCUT2D eigenvalue weighted by Gasteiger charge is -2.41. The van der Waals surface area contributed by atoms with Crippen molar-refractivity contribution in [2.45, 2.75) is 16.2 Å². The molecule has 1 atom stereocenters. The summed E-state index contributed by atoms with van der Waals surface area (Å²) < 4.78 is 0. The SMILES string of the molecule is c1ccc(-c2ccc(C3(c4ccc5c(C6(c7ccc(-c8ccccc8)cc7)c7ccccc7-c7ccc(-c8nc(-c9ccccc9)nc(-c9ccccc9)n8)cc76)c6ccccc6c(C6(c7ccc(-c8ccccc8)cc7)c7ccccc7-c7ccccc76)c5c4)c4ccccc4-c4ccccc43)cc2)cc1. The number of hydrogen-bond donors (Lipinski definition) is 0.